The van der Waals surface area contributed by atoms with Gasteiger partial charge in [-0.05, 0) is 35.7 Å². The Labute approximate surface area is 169 Å². The van der Waals surface area contributed by atoms with Gasteiger partial charge in [0, 0.05) is 6.54 Å². The maximum Gasteiger partial charge on any atom is 0.416 e. The maximum atomic E-state index is 12.9. The van der Waals surface area contributed by atoms with E-state index in [9.17, 15) is 33.0 Å². The average molecular weight is 427 g/mol. The zero-order valence-corrected chi connectivity index (χ0v) is 15.6. The first-order chi connectivity index (χ1) is 14.1. The minimum Gasteiger partial charge on any atom is -0.478 e. The van der Waals surface area contributed by atoms with Crippen LogP contribution < -0.4 is 5.32 Å². The minimum atomic E-state index is -4.75. The summed E-state index contributed by atoms with van der Waals surface area (Å²) in [4.78, 5) is 22.9. The Morgan fingerprint density at radius 3 is 2.33 bits per heavy atom. The molecular formula is C20H20F3NO6. The highest BCUT2D eigenvalue weighted by atomic mass is 19.4. The number of carboxylic acid groups (broad SMARTS) is 1. The van der Waals surface area contributed by atoms with Gasteiger partial charge in [0.1, 0.15) is 12.7 Å². The molecule has 0 bridgehead atoms. The van der Waals surface area contributed by atoms with E-state index >= 15 is 0 Å². The van der Waals surface area contributed by atoms with Crippen molar-refractivity contribution in [3.05, 3.63) is 70.8 Å². The number of rotatable bonds is 8. The number of carbonyl (C=O) groups is 2. The van der Waals surface area contributed by atoms with Crippen molar-refractivity contribution in [2.75, 3.05) is 6.54 Å². The second-order valence-electron chi connectivity index (χ2n) is 6.39. The fourth-order valence-electron chi connectivity index (χ4n) is 2.64. The van der Waals surface area contributed by atoms with Gasteiger partial charge in [0.25, 0.3) is 0 Å². The molecule has 0 aliphatic carbocycles. The number of alkyl halides is 3. The highest BCUT2D eigenvalue weighted by molar-refractivity contribution is 5.89. The third-order valence-electron chi connectivity index (χ3n) is 4.21. The Balaban J connectivity index is 1.94. The molecule has 2 rings (SSSR count). The van der Waals surface area contributed by atoms with E-state index in [0.717, 1.165) is 11.6 Å². The first kappa shape index (κ1) is 23.2. The molecule has 2 unspecified atom stereocenters. The fraction of sp³-hybridized carbons (Fsp3) is 0.300. The molecule has 0 radical (unpaired) electrons. The molecule has 10 heteroatoms. The normalized spacial score (nSPS) is 13.4. The van der Waals surface area contributed by atoms with Crippen LogP contribution in [0, 0.1) is 0 Å². The van der Waals surface area contributed by atoms with Gasteiger partial charge in [-0.2, -0.15) is 13.2 Å². The van der Waals surface area contributed by atoms with E-state index in [2.05, 4.69) is 5.32 Å². The summed E-state index contributed by atoms with van der Waals surface area (Å²) in [7, 11) is 0. The number of halogens is 3. The quantitative estimate of drug-likeness (QED) is 0.515. The second-order valence-corrected chi connectivity index (χ2v) is 6.39. The standard InChI is InChI=1S/C20H20F3NO6/c21-20(22,23)13-6-7-14(18(27)28)15(10-13)17(26)16(25)8-9-24-19(29)30-11-12-4-2-1-3-5-12/h1-7,10,16-17,25-26H,8-9,11H2,(H,24,29)(H,27,28). The monoisotopic (exact) mass is 427 g/mol. The van der Waals surface area contributed by atoms with E-state index in [1.807, 2.05) is 0 Å². The molecule has 162 valence electrons. The van der Waals surface area contributed by atoms with Crippen LogP contribution in [0.25, 0.3) is 0 Å². The number of hydrogen-bond acceptors (Lipinski definition) is 5. The van der Waals surface area contributed by atoms with Crippen LogP contribution >= 0.6 is 0 Å². The predicted octanol–water partition coefficient (Wildman–Crippen LogP) is 3.11. The Bertz CT molecular complexity index is 873. The number of aromatic carboxylic acids is 1. The summed E-state index contributed by atoms with van der Waals surface area (Å²) in [6, 6.07) is 10.6. The van der Waals surface area contributed by atoms with Crippen LogP contribution in [-0.2, 0) is 17.5 Å². The predicted molar refractivity (Wildman–Crippen MR) is 98.6 cm³/mol. The molecular weight excluding hydrogens is 407 g/mol. The van der Waals surface area contributed by atoms with Crippen molar-refractivity contribution in [3.8, 4) is 0 Å². The van der Waals surface area contributed by atoms with E-state index in [0.29, 0.717) is 12.1 Å². The molecule has 0 fully saturated rings. The van der Waals surface area contributed by atoms with Crippen LogP contribution in [0.2, 0.25) is 0 Å². The van der Waals surface area contributed by atoms with Crippen molar-refractivity contribution in [1.29, 1.82) is 0 Å². The number of ether oxygens (including phenoxy) is 1. The lowest BCUT2D eigenvalue weighted by atomic mass is 9.95. The summed E-state index contributed by atoms with van der Waals surface area (Å²) in [6.07, 6.45) is -9.32. The van der Waals surface area contributed by atoms with E-state index in [1.165, 1.54) is 0 Å². The van der Waals surface area contributed by atoms with Gasteiger partial charge >= 0.3 is 18.2 Å². The number of carbonyl (C=O) groups excluding carboxylic acids is 1. The van der Waals surface area contributed by atoms with Crippen LogP contribution in [0.4, 0.5) is 18.0 Å². The minimum absolute atomic E-state index is 0.0179. The van der Waals surface area contributed by atoms with Crippen molar-refractivity contribution in [2.24, 2.45) is 0 Å². The van der Waals surface area contributed by atoms with Crippen LogP contribution in [0.15, 0.2) is 48.5 Å². The van der Waals surface area contributed by atoms with E-state index in [4.69, 9.17) is 9.84 Å². The molecule has 1 amide bonds. The number of benzene rings is 2. The highest BCUT2D eigenvalue weighted by Crippen LogP contribution is 2.33. The second kappa shape index (κ2) is 10.1. The van der Waals surface area contributed by atoms with Crippen LogP contribution in [0.5, 0.6) is 0 Å². The lowest BCUT2D eigenvalue weighted by Crippen LogP contribution is -2.30. The molecule has 0 spiro atoms. The summed E-state index contributed by atoms with van der Waals surface area (Å²) >= 11 is 0. The maximum absolute atomic E-state index is 12.9. The smallest absolute Gasteiger partial charge is 0.416 e. The summed E-state index contributed by atoms with van der Waals surface area (Å²) in [5.41, 5.74) is -1.54. The van der Waals surface area contributed by atoms with Crippen molar-refractivity contribution in [1.82, 2.24) is 5.32 Å². The largest absolute Gasteiger partial charge is 0.478 e. The van der Waals surface area contributed by atoms with Crippen molar-refractivity contribution >= 4 is 12.1 Å². The van der Waals surface area contributed by atoms with Gasteiger partial charge in [-0.3, -0.25) is 0 Å². The van der Waals surface area contributed by atoms with Crippen molar-refractivity contribution in [2.45, 2.75) is 31.4 Å². The number of nitrogens with one attached hydrogen (secondary N) is 1. The van der Waals surface area contributed by atoms with Crippen LogP contribution in [-0.4, -0.2) is 40.0 Å². The van der Waals surface area contributed by atoms with Gasteiger partial charge in [0.05, 0.1) is 17.2 Å². The lowest BCUT2D eigenvalue weighted by molar-refractivity contribution is -0.137. The molecule has 2 aromatic carbocycles. The Morgan fingerprint density at radius 2 is 1.73 bits per heavy atom. The Hall–Kier alpha value is -3.11. The molecule has 7 nitrogen and oxygen atoms in total. The molecule has 0 aromatic heterocycles. The molecule has 30 heavy (non-hydrogen) atoms. The number of aliphatic hydroxyl groups excluding tert-OH is 2. The summed E-state index contributed by atoms with van der Waals surface area (Å²) in [5.74, 6) is -1.55. The van der Waals surface area contributed by atoms with Gasteiger partial charge in [-0.15, -0.1) is 0 Å². The average Bonchev–Trinajstić information content (AvgIpc) is 2.71. The van der Waals surface area contributed by atoms with Gasteiger partial charge in [0.2, 0.25) is 0 Å². The van der Waals surface area contributed by atoms with Crippen molar-refractivity contribution in [3.63, 3.8) is 0 Å². The van der Waals surface area contributed by atoms with Gasteiger partial charge in [-0.1, -0.05) is 30.3 Å². The lowest BCUT2D eigenvalue weighted by Gasteiger charge is -2.21. The first-order valence-corrected chi connectivity index (χ1v) is 8.84. The number of aliphatic hydroxyl groups is 2. The molecule has 2 aromatic rings. The number of alkyl carbamates (subject to hydrolysis) is 1. The fourth-order valence-corrected chi connectivity index (χ4v) is 2.64. The number of amides is 1. The third kappa shape index (κ3) is 6.46. The molecule has 0 heterocycles. The molecule has 2 atom stereocenters. The third-order valence-corrected chi connectivity index (χ3v) is 4.21. The number of carboxylic acids is 1. The summed E-state index contributed by atoms with van der Waals surface area (Å²) in [6.45, 7) is -0.142. The zero-order valence-electron chi connectivity index (χ0n) is 15.6. The summed E-state index contributed by atoms with van der Waals surface area (Å²) in [5, 5.41) is 31.8. The topological polar surface area (TPSA) is 116 Å². The highest BCUT2D eigenvalue weighted by Gasteiger charge is 2.33. The van der Waals surface area contributed by atoms with Gasteiger partial charge < -0.3 is 25.4 Å². The molecule has 4 N–H and O–H groups in total. The van der Waals surface area contributed by atoms with Crippen LogP contribution in [0.3, 0.4) is 0 Å². The zero-order chi connectivity index (χ0) is 22.3. The molecule has 0 saturated heterocycles. The Kier molecular flexibility index (Phi) is 7.79. The first-order valence-electron chi connectivity index (χ1n) is 8.84. The molecule has 0 aliphatic heterocycles. The number of hydrogen-bond donors (Lipinski definition) is 4. The van der Waals surface area contributed by atoms with Gasteiger partial charge in [-0.25, -0.2) is 9.59 Å². The SMILES string of the molecule is O=C(NCCC(O)C(O)c1cc(C(F)(F)F)ccc1C(=O)O)OCc1ccccc1. The van der Waals surface area contributed by atoms with Crippen molar-refractivity contribution < 1.29 is 42.8 Å². The Morgan fingerprint density at radius 1 is 1.07 bits per heavy atom. The van der Waals surface area contributed by atoms with E-state index < -0.39 is 47.1 Å². The van der Waals surface area contributed by atoms with E-state index in [1.54, 1.807) is 30.3 Å². The molecule has 0 saturated carbocycles. The summed E-state index contributed by atoms with van der Waals surface area (Å²) < 4.78 is 43.7. The van der Waals surface area contributed by atoms with Gasteiger partial charge in [0.15, 0.2) is 0 Å². The van der Waals surface area contributed by atoms with E-state index in [-0.39, 0.29) is 19.6 Å². The molecule has 0 aliphatic rings. The van der Waals surface area contributed by atoms with Crippen LogP contribution in [0.1, 0.15) is 39.6 Å².